The van der Waals surface area contributed by atoms with E-state index in [1.807, 2.05) is 30.3 Å². The van der Waals surface area contributed by atoms with E-state index in [9.17, 15) is 9.90 Å². The number of carbonyl (C=O) groups excluding carboxylic acids is 1. The van der Waals surface area contributed by atoms with E-state index in [4.69, 9.17) is 4.74 Å². The Morgan fingerprint density at radius 1 is 1.17 bits per heavy atom. The molecular weight excluding hydrogens is 230 g/mol. The van der Waals surface area contributed by atoms with Crippen molar-refractivity contribution in [1.82, 2.24) is 0 Å². The van der Waals surface area contributed by atoms with Gasteiger partial charge in [0, 0.05) is 5.69 Å². The molecule has 4 heteroatoms. The van der Waals surface area contributed by atoms with Gasteiger partial charge in [0.15, 0.2) is 0 Å². The van der Waals surface area contributed by atoms with Gasteiger partial charge in [-0.05, 0) is 44.2 Å². The first-order valence-electron chi connectivity index (χ1n) is 6.45. The SMILES string of the molecule is O=C(Nc1ccccc1)O[C@@H]1CCC[C@H](O)CC1. The number of benzene rings is 1. The molecule has 0 aromatic heterocycles. The second kappa shape index (κ2) is 6.40. The Balaban J connectivity index is 1.80. The van der Waals surface area contributed by atoms with Gasteiger partial charge in [-0.25, -0.2) is 4.79 Å². The molecule has 1 saturated carbocycles. The van der Waals surface area contributed by atoms with Crippen molar-refractivity contribution < 1.29 is 14.6 Å². The first-order valence-corrected chi connectivity index (χ1v) is 6.45. The van der Waals surface area contributed by atoms with Crippen LogP contribution < -0.4 is 5.32 Å². The number of ether oxygens (including phenoxy) is 1. The highest BCUT2D eigenvalue weighted by Crippen LogP contribution is 2.20. The number of anilines is 1. The van der Waals surface area contributed by atoms with Gasteiger partial charge in [0.05, 0.1) is 6.10 Å². The molecule has 98 valence electrons. The van der Waals surface area contributed by atoms with Gasteiger partial charge in [-0.3, -0.25) is 5.32 Å². The van der Waals surface area contributed by atoms with Crippen LogP contribution in [-0.4, -0.2) is 23.4 Å². The molecule has 0 unspecified atom stereocenters. The number of hydrogen-bond acceptors (Lipinski definition) is 3. The number of hydrogen-bond donors (Lipinski definition) is 2. The third-order valence-corrected chi connectivity index (χ3v) is 3.18. The van der Waals surface area contributed by atoms with Crippen LogP contribution in [0, 0.1) is 0 Å². The molecule has 0 heterocycles. The van der Waals surface area contributed by atoms with E-state index in [0.717, 1.165) is 31.4 Å². The lowest BCUT2D eigenvalue weighted by atomic mass is 10.1. The molecule has 1 fully saturated rings. The lowest BCUT2D eigenvalue weighted by molar-refractivity contribution is 0.0956. The van der Waals surface area contributed by atoms with Crippen LogP contribution in [0.15, 0.2) is 30.3 Å². The van der Waals surface area contributed by atoms with E-state index >= 15 is 0 Å². The van der Waals surface area contributed by atoms with Crippen molar-refractivity contribution in [3.8, 4) is 0 Å². The van der Waals surface area contributed by atoms with Gasteiger partial charge in [0.1, 0.15) is 6.10 Å². The fraction of sp³-hybridized carbons (Fsp3) is 0.500. The van der Waals surface area contributed by atoms with Crippen molar-refractivity contribution in [2.24, 2.45) is 0 Å². The third kappa shape index (κ3) is 4.04. The number of nitrogens with one attached hydrogen (secondary N) is 1. The largest absolute Gasteiger partial charge is 0.446 e. The van der Waals surface area contributed by atoms with Gasteiger partial charge in [-0.1, -0.05) is 18.2 Å². The second-order valence-corrected chi connectivity index (χ2v) is 4.68. The number of aliphatic hydroxyl groups is 1. The maximum absolute atomic E-state index is 11.7. The number of aliphatic hydroxyl groups excluding tert-OH is 1. The summed E-state index contributed by atoms with van der Waals surface area (Å²) in [6.07, 6.45) is 3.26. The standard InChI is InChI=1S/C14H19NO3/c16-12-7-4-8-13(10-9-12)18-14(17)15-11-5-2-1-3-6-11/h1-3,5-6,12-13,16H,4,7-10H2,(H,15,17)/t12-,13+/m0/s1. The molecule has 2 rings (SSSR count). The normalized spacial score (nSPS) is 24.1. The maximum Gasteiger partial charge on any atom is 0.411 e. The Hall–Kier alpha value is -1.55. The molecule has 1 aromatic carbocycles. The van der Waals surface area contributed by atoms with E-state index in [-0.39, 0.29) is 12.2 Å². The van der Waals surface area contributed by atoms with Gasteiger partial charge in [-0.15, -0.1) is 0 Å². The minimum atomic E-state index is -0.414. The summed E-state index contributed by atoms with van der Waals surface area (Å²) in [4.78, 5) is 11.7. The average molecular weight is 249 g/mol. The van der Waals surface area contributed by atoms with Crippen LogP contribution in [0.3, 0.4) is 0 Å². The van der Waals surface area contributed by atoms with Crippen molar-refractivity contribution in [3.05, 3.63) is 30.3 Å². The minimum absolute atomic E-state index is 0.0779. The molecule has 2 atom stereocenters. The Kier molecular flexibility index (Phi) is 4.59. The van der Waals surface area contributed by atoms with Crippen LogP contribution in [0.25, 0.3) is 0 Å². The predicted octanol–water partition coefficient (Wildman–Crippen LogP) is 2.93. The summed E-state index contributed by atoms with van der Waals surface area (Å²) in [6.45, 7) is 0. The summed E-state index contributed by atoms with van der Waals surface area (Å²) >= 11 is 0. The number of carbonyl (C=O) groups is 1. The van der Waals surface area contributed by atoms with Crippen molar-refractivity contribution in [2.45, 2.75) is 44.3 Å². The molecule has 1 amide bonds. The first-order chi connectivity index (χ1) is 8.74. The summed E-state index contributed by atoms with van der Waals surface area (Å²) < 4.78 is 5.36. The lowest BCUT2D eigenvalue weighted by Gasteiger charge is -2.15. The van der Waals surface area contributed by atoms with Crippen LogP contribution in [0.1, 0.15) is 32.1 Å². The summed E-state index contributed by atoms with van der Waals surface area (Å²) in [5.41, 5.74) is 0.733. The van der Waals surface area contributed by atoms with Gasteiger partial charge in [-0.2, -0.15) is 0 Å². The van der Waals surface area contributed by atoms with Gasteiger partial charge in [0.25, 0.3) is 0 Å². The number of rotatable bonds is 2. The smallest absolute Gasteiger partial charge is 0.411 e. The zero-order valence-corrected chi connectivity index (χ0v) is 10.3. The topological polar surface area (TPSA) is 58.6 Å². The van der Waals surface area contributed by atoms with E-state index in [1.165, 1.54) is 0 Å². The van der Waals surface area contributed by atoms with Crippen molar-refractivity contribution >= 4 is 11.8 Å². The zero-order valence-electron chi connectivity index (χ0n) is 10.3. The molecule has 4 nitrogen and oxygen atoms in total. The zero-order chi connectivity index (χ0) is 12.8. The molecular formula is C14H19NO3. The van der Waals surface area contributed by atoms with E-state index < -0.39 is 6.09 Å². The molecule has 1 aliphatic carbocycles. The summed E-state index contributed by atoms with van der Waals surface area (Å²) in [6, 6.07) is 9.24. The van der Waals surface area contributed by atoms with Crippen molar-refractivity contribution in [2.75, 3.05) is 5.32 Å². The van der Waals surface area contributed by atoms with Crippen molar-refractivity contribution in [1.29, 1.82) is 0 Å². The Morgan fingerprint density at radius 3 is 2.72 bits per heavy atom. The minimum Gasteiger partial charge on any atom is -0.446 e. The fourth-order valence-electron chi connectivity index (χ4n) is 2.19. The Bertz CT molecular complexity index is 380. The van der Waals surface area contributed by atoms with E-state index in [0.29, 0.717) is 6.42 Å². The fourth-order valence-corrected chi connectivity index (χ4v) is 2.19. The van der Waals surface area contributed by atoms with Gasteiger partial charge in [0.2, 0.25) is 0 Å². The highest BCUT2D eigenvalue weighted by Gasteiger charge is 2.20. The quantitative estimate of drug-likeness (QED) is 0.792. The summed E-state index contributed by atoms with van der Waals surface area (Å²) in [5.74, 6) is 0. The van der Waals surface area contributed by atoms with E-state index in [1.54, 1.807) is 0 Å². The van der Waals surface area contributed by atoms with Crippen LogP contribution in [0.2, 0.25) is 0 Å². The van der Waals surface area contributed by atoms with Crippen molar-refractivity contribution in [3.63, 3.8) is 0 Å². The molecule has 1 aromatic rings. The molecule has 0 spiro atoms. The first kappa shape index (κ1) is 12.9. The van der Waals surface area contributed by atoms with E-state index in [2.05, 4.69) is 5.32 Å². The lowest BCUT2D eigenvalue weighted by Crippen LogP contribution is -2.22. The molecule has 0 radical (unpaired) electrons. The third-order valence-electron chi connectivity index (χ3n) is 3.18. The van der Waals surface area contributed by atoms with Gasteiger partial charge >= 0.3 is 6.09 Å². The highest BCUT2D eigenvalue weighted by atomic mass is 16.6. The molecule has 0 saturated heterocycles. The molecule has 18 heavy (non-hydrogen) atoms. The second-order valence-electron chi connectivity index (χ2n) is 4.68. The molecule has 1 aliphatic rings. The average Bonchev–Trinajstić information content (AvgIpc) is 2.56. The number of amides is 1. The molecule has 0 bridgehead atoms. The Labute approximate surface area is 107 Å². The van der Waals surface area contributed by atoms with Crippen LogP contribution in [-0.2, 0) is 4.74 Å². The molecule has 0 aliphatic heterocycles. The number of para-hydroxylation sites is 1. The Morgan fingerprint density at radius 2 is 1.94 bits per heavy atom. The molecule has 2 N–H and O–H groups in total. The van der Waals surface area contributed by atoms with Crippen LogP contribution in [0.4, 0.5) is 10.5 Å². The monoisotopic (exact) mass is 249 g/mol. The van der Waals surface area contributed by atoms with Gasteiger partial charge < -0.3 is 9.84 Å². The van der Waals surface area contributed by atoms with Crippen LogP contribution >= 0.6 is 0 Å². The summed E-state index contributed by atoms with van der Waals surface area (Å²) in [7, 11) is 0. The predicted molar refractivity (Wildman–Crippen MR) is 69.4 cm³/mol. The maximum atomic E-state index is 11.7. The highest BCUT2D eigenvalue weighted by molar-refractivity contribution is 5.84. The van der Waals surface area contributed by atoms with Crippen LogP contribution in [0.5, 0.6) is 0 Å². The summed E-state index contributed by atoms with van der Waals surface area (Å²) in [5, 5.41) is 12.2.